The number of primary amides is 1. The van der Waals surface area contributed by atoms with Crippen LogP contribution < -0.4 is 15.8 Å². The minimum Gasteiger partial charge on any atom is -0.489 e. The summed E-state index contributed by atoms with van der Waals surface area (Å²) in [4.78, 5) is 30.6. The molecule has 0 saturated heterocycles. The Hall–Kier alpha value is -4.71. The lowest BCUT2D eigenvalue weighted by atomic mass is 10.0. The fraction of sp³-hybridized carbons (Fsp3) is 0.100. The summed E-state index contributed by atoms with van der Waals surface area (Å²) in [6.07, 6.45) is 0.241. The van der Waals surface area contributed by atoms with E-state index in [1.807, 2.05) is 103 Å². The van der Waals surface area contributed by atoms with E-state index in [0.717, 1.165) is 11.1 Å². The normalized spacial score (nSPS) is 11.8. The summed E-state index contributed by atoms with van der Waals surface area (Å²) in [5.74, 6) is -0.302. The van der Waals surface area contributed by atoms with Crippen molar-refractivity contribution >= 4 is 33.6 Å². The molecule has 4 aromatic carbocycles. The van der Waals surface area contributed by atoms with Crippen LogP contribution in [0.1, 0.15) is 21.5 Å². The molecule has 0 aliphatic rings. The zero-order chi connectivity index (χ0) is 24.9. The lowest BCUT2D eigenvalue weighted by Gasteiger charge is -2.18. The third-order valence-electron chi connectivity index (χ3n) is 6.05. The molecule has 6 nitrogen and oxygen atoms in total. The van der Waals surface area contributed by atoms with Crippen molar-refractivity contribution in [2.24, 2.45) is 5.73 Å². The molecule has 178 valence electrons. The van der Waals surface area contributed by atoms with E-state index in [0.29, 0.717) is 39.7 Å². The van der Waals surface area contributed by atoms with E-state index < -0.39 is 11.9 Å². The largest absolute Gasteiger partial charge is 0.489 e. The molecule has 36 heavy (non-hydrogen) atoms. The van der Waals surface area contributed by atoms with Crippen molar-refractivity contribution in [1.82, 2.24) is 10.3 Å². The van der Waals surface area contributed by atoms with Gasteiger partial charge in [-0.05, 0) is 35.4 Å². The van der Waals surface area contributed by atoms with Gasteiger partial charge < -0.3 is 15.8 Å². The second-order valence-corrected chi connectivity index (χ2v) is 8.58. The first-order valence-corrected chi connectivity index (χ1v) is 11.7. The molecule has 5 rings (SSSR count). The number of ether oxygens (including phenoxy) is 1. The van der Waals surface area contributed by atoms with Crippen LogP contribution >= 0.6 is 0 Å². The molecule has 3 N–H and O–H groups in total. The van der Waals surface area contributed by atoms with Crippen LogP contribution in [0.5, 0.6) is 5.75 Å². The number of rotatable bonds is 8. The minimum absolute atomic E-state index is 0.241. The molecule has 1 aromatic heterocycles. The summed E-state index contributed by atoms with van der Waals surface area (Å²) >= 11 is 0. The number of fused-ring (bicyclic) bond motifs is 2. The van der Waals surface area contributed by atoms with Gasteiger partial charge in [0.1, 0.15) is 18.4 Å². The Balaban J connectivity index is 1.38. The monoisotopic (exact) mass is 475 g/mol. The molecule has 5 aromatic rings. The number of aromatic nitrogens is 1. The lowest BCUT2D eigenvalue weighted by Crippen LogP contribution is -2.46. The van der Waals surface area contributed by atoms with Crippen LogP contribution in [0.4, 0.5) is 0 Å². The molecule has 1 atom stereocenters. The van der Waals surface area contributed by atoms with E-state index in [1.54, 1.807) is 0 Å². The van der Waals surface area contributed by atoms with Crippen molar-refractivity contribution in [2.45, 2.75) is 19.1 Å². The number of para-hydroxylation sites is 2. The molecule has 0 saturated carbocycles. The van der Waals surface area contributed by atoms with Gasteiger partial charge in [-0.25, -0.2) is 4.98 Å². The van der Waals surface area contributed by atoms with Crippen LogP contribution in [0.2, 0.25) is 0 Å². The molecule has 0 aliphatic heterocycles. The average molecular weight is 476 g/mol. The molecular weight excluding hydrogens is 450 g/mol. The van der Waals surface area contributed by atoms with Crippen molar-refractivity contribution in [3.05, 3.63) is 120 Å². The van der Waals surface area contributed by atoms with E-state index in [4.69, 9.17) is 10.5 Å². The van der Waals surface area contributed by atoms with Gasteiger partial charge >= 0.3 is 0 Å². The number of nitrogens with two attached hydrogens (primary N) is 1. The van der Waals surface area contributed by atoms with Gasteiger partial charge in [0.15, 0.2) is 0 Å². The Morgan fingerprint density at radius 2 is 1.39 bits per heavy atom. The Kier molecular flexibility index (Phi) is 6.58. The molecule has 1 heterocycles. The van der Waals surface area contributed by atoms with Crippen molar-refractivity contribution < 1.29 is 14.3 Å². The zero-order valence-corrected chi connectivity index (χ0v) is 19.6. The topological polar surface area (TPSA) is 94.3 Å². The van der Waals surface area contributed by atoms with E-state index in [1.165, 1.54) is 0 Å². The maximum absolute atomic E-state index is 13.5. The van der Waals surface area contributed by atoms with E-state index in [2.05, 4.69) is 10.3 Å². The number of benzene rings is 4. The van der Waals surface area contributed by atoms with Crippen LogP contribution in [-0.2, 0) is 17.8 Å². The minimum atomic E-state index is -0.896. The van der Waals surface area contributed by atoms with E-state index >= 15 is 0 Å². The van der Waals surface area contributed by atoms with Gasteiger partial charge in [0.2, 0.25) is 5.91 Å². The molecule has 0 fully saturated rings. The highest BCUT2D eigenvalue weighted by Crippen LogP contribution is 2.26. The van der Waals surface area contributed by atoms with Crippen LogP contribution in [0.3, 0.4) is 0 Å². The maximum Gasteiger partial charge on any atom is 0.253 e. The first-order chi connectivity index (χ1) is 17.6. The molecule has 0 unspecified atom stereocenters. The smallest absolute Gasteiger partial charge is 0.253 e. The second kappa shape index (κ2) is 10.3. The number of carbonyl (C=O) groups excluding carboxylic acids is 2. The molecule has 0 radical (unpaired) electrons. The van der Waals surface area contributed by atoms with Crippen LogP contribution in [0, 0.1) is 0 Å². The molecule has 0 aliphatic carbocycles. The first-order valence-electron chi connectivity index (χ1n) is 11.7. The number of amides is 2. The summed E-state index contributed by atoms with van der Waals surface area (Å²) in [6.45, 7) is 0.433. The van der Waals surface area contributed by atoms with E-state index in [-0.39, 0.29) is 12.3 Å². The number of nitrogens with one attached hydrogen (secondary N) is 1. The summed E-state index contributed by atoms with van der Waals surface area (Å²) in [6, 6.07) is 31.4. The molecule has 6 heteroatoms. The summed E-state index contributed by atoms with van der Waals surface area (Å²) < 4.78 is 5.91. The van der Waals surface area contributed by atoms with Crippen molar-refractivity contribution in [3.63, 3.8) is 0 Å². The highest BCUT2D eigenvalue weighted by atomic mass is 16.5. The number of hydrogen-bond acceptors (Lipinski definition) is 4. The third-order valence-corrected chi connectivity index (χ3v) is 6.05. The Morgan fingerprint density at radius 3 is 2.06 bits per heavy atom. The fourth-order valence-electron chi connectivity index (χ4n) is 4.28. The lowest BCUT2D eigenvalue weighted by molar-refractivity contribution is -0.119. The SMILES string of the molecule is NC(=O)[C@@H](Cc1cccc(OCc2ccccc2)c1)NC(=O)c1c2ccccc2nc2ccccc12. The van der Waals surface area contributed by atoms with Gasteiger partial charge in [0.25, 0.3) is 5.91 Å². The fourth-order valence-corrected chi connectivity index (χ4v) is 4.28. The Bertz CT molecular complexity index is 1500. The number of carbonyl (C=O) groups is 2. The first kappa shape index (κ1) is 23.1. The van der Waals surface area contributed by atoms with Gasteiger partial charge in [-0.3, -0.25) is 9.59 Å². The maximum atomic E-state index is 13.5. The predicted molar refractivity (Wildman–Crippen MR) is 141 cm³/mol. The highest BCUT2D eigenvalue weighted by Gasteiger charge is 2.23. The van der Waals surface area contributed by atoms with Crippen LogP contribution in [0.15, 0.2) is 103 Å². The van der Waals surface area contributed by atoms with Gasteiger partial charge in [-0.1, -0.05) is 78.9 Å². The molecule has 0 spiro atoms. The molecular formula is C30H25N3O3. The van der Waals surface area contributed by atoms with Crippen molar-refractivity contribution in [2.75, 3.05) is 0 Å². The van der Waals surface area contributed by atoms with Crippen molar-refractivity contribution in [3.8, 4) is 5.75 Å². The van der Waals surface area contributed by atoms with Gasteiger partial charge in [0.05, 0.1) is 16.6 Å². The highest BCUT2D eigenvalue weighted by molar-refractivity contribution is 6.16. The number of hydrogen-bond donors (Lipinski definition) is 2. The zero-order valence-electron chi connectivity index (χ0n) is 19.6. The molecule has 2 amide bonds. The standard InChI is InChI=1S/C30H25N3O3/c31-29(34)27(18-21-11-8-12-22(17-21)36-19-20-9-2-1-3-10-20)33-30(35)28-23-13-4-6-15-25(23)32-26-16-7-5-14-24(26)28/h1-17,27H,18-19H2,(H2,31,34)(H,33,35)/t27-/m1/s1. The van der Waals surface area contributed by atoms with Gasteiger partial charge in [-0.15, -0.1) is 0 Å². The number of nitrogens with zero attached hydrogens (tertiary/aromatic N) is 1. The Labute approximate surface area is 208 Å². The van der Waals surface area contributed by atoms with Crippen LogP contribution in [-0.4, -0.2) is 22.8 Å². The average Bonchev–Trinajstić information content (AvgIpc) is 2.91. The number of pyridine rings is 1. The predicted octanol–water partition coefficient (Wildman–Crippen LogP) is 4.79. The quantitative estimate of drug-likeness (QED) is 0.316. The van der Waals surface area contributed by atoms with Crippen LogP contribution in [0.25, 0.3) is 21.8 Å². The van der Waals surface area contributed by atoms with Crippen molar-refractivity contribution in [1.29, 1.82) is 0 Å². The molecule has 0 bridgehead atoms. The summed E-state index contributed by atoms with van der Waals surface area (Å²) in [7, 11) is 0. The third kappa shape index (κ3) is 5.03. The summed E-state index contributed by atoms with van der Waals surface area (Å²) in [5, 5.41) is 4.29. The Morgan fingerprint density at radius 1 is 0.778 bits per heavy atom. The second-order valence-electron chi connectivity index (χ2n) is 8.58. The van der Waals surface area contributed by atoms with Gasteiger partial charge in [0, 0.05) is 17.2 Å². The summed E-state index contributed by atoms with van der Waals surface area (Å²) in [5.41, 5.74) is 9.49. The van der Waals surface area contributed by atoms with Gasteiger partial charge in [-0.2, -0.15) is 0 Å². The van der Waals surface area contributed by atoms with E-state index in [9.17, 15) is 9.59 Å².